The van der Waals surface area contributed by atoms with E-state index < -0.39 is 18.0 Å². The molecule has 6 nitrogen and oxygen atoms in total. The Hall–Kier alpha value is -1.11. The van der Waals surface area contributed by atoms with E-state index in [-0.39, 0.29) is 12.0 Å². The molecular weight excluding hydrogens is 240 g/mol. The van der Waals surface area contributed by atoms with Gasteiger partial charge in [-0.3, -0.25) is 0 Å². The van der Waals surface area contributed by atoms with Crippen molar-refractivity contribution in [3.63, 3.8) is 0 Å². The number of carbonyl (C=O) groups excluding carboxylic acids is 1. The van der Waals surface area contributed by atoms with Crippen LogP contribution in [-0.2, 0) is 23.7 Å². The Kier molecular flexibility index (Phi) is 2.62. The van der Waals surface area contributed by atoms with E-state index in [0.29, 0.717) is 31.0 Å². The molecular formula is C12H16O6. The first kappa shape index (κ1) is 12.0. The van der Waals surface area contributed by atoms with Crippen LogP contribution in [0.15, 0.2) is 11.3 Å². The Morgan fingerprint density at radius 3 is 3.11 bits per heavy atom. The maximum absolute atomic E-state index is 11.9. The molecule has 0 radical (unpaired) electrons. The van der Waals surface area contributed by atoms with Crippen LogP contribution in [-0.4, -0.2) is 42.5 Å². The number of esters is 1. The lowest BCUT2D eigenvalue weighted by molar-refractivity contribution is -0.329. The second-order valence-electron chi connectivity index (χ2n) is 4.79. The van der Waals surface area contributed by atoms with Gasteiger partial charge in [-0.05, 0) is 13.8 Å². The van der Waals surface area contributed by atoms with E-state index in [1.165, 1.54) is 0 Å². The lowest BCUT2D eigenvalue weighted by atomic mass is 9.82. The summed E-state index contributed by atoms with van der Waals surface area (Å²) in [5, 5.41) is 10.3. The third-order valence-corrected chi connectivity index (χ3v) is 3.61. The lowest BCUT2D eigenvalue weighted by Crippen LogP contribution is -2.55. The van der Waals surface area contributed by atoms with Gasteiger partial charge in [-0.25, -0.2) is 4.79 Å². The number of fused-ring (bicyclic) bond motifs is 6. The average molecular weight is 256 g/mol. The Balaban J connectivity index is 1.97. The molecule has 100 valence electrons. The van der Waals surface area contributed by atoms with Crippen LogP contribution >= 0.6 is 0 Å². The minimum atomic E-state index is -1.49. The molecule has 0 aliphatic carbocycles. The minimum absolute atomic E-state index is 0.214. The van der Waals surface area contributed by atoms with Crippen molar-refractivity contribution in [2.75, 3.05) is 13.2 Å². The summed E-state index contributed by atoms with van der Waals surface area (Å²) in [6.45, 7) is 4.07. The van der Waals surface area contributed by atoms with Crippen molar-refractivity contribution in [1.29, 1.82) is 0 Å². The normalized spacial score (nSPS) is 41.6. The second kappa shape index (κ2) is 3.94. The molecule has 3 heterocycles. The Bertz CT molecular complexity index is 417. The van der Waals surface area contributed by atoms with Crippen molar-refractivity contribution in [3.05, 3.63) is 11.3 Å². The number of aliphatic hydroxyl groups is 1. The first-order valence-electron chi connectivity index (χ1n) is 6.11. The first-order chi connectivity index (χ1) is 8.55. The van der Waals surface area contributed by atoms with Crippen molar-refractivity contribution in [2.45, 2.75) is 38.4 Å². The molecule has 4 bridgehead atoms. The molecule has 0 aromatic heterocycles. The molecule has 2 fully saturated rings. The van der Waals surface area contributed by atoms with Gasteiger partial charge in [-0.15, -0.1) is 0 Å². The fourth-order valence-electron chi connectivity index (χ4n) is 2.87. The summed E-state index contributed by atoms with van der Waals surface area (Å²) in [7, 11) is 0. The van der Waals surface area contributed by atoms with Gasteiger partial charge in [-0.2, -0.15) is 0 Å². The van der Waals surface area contributed by atoms with Gasteiger partial charge in [-0.1, -0.05) is 0 Å². The van der Waals surface area contributed by atoms with Crippen LogP contribution in [0.5, 0.6) is 0 Å². The third kappa shape index (κ3) is 1.56. The monoisotopic (exact) mass is 256 g/mol. The predicted octanol–water partition coefficient (Wildman–Crippen LogP) is 0.304. The first-order valence-corrected chi connectivity index (χ1v) is 6.11. The van der Waals surface area contributed by atoms with E-state index >= 15 is 0 Å². The molecule has 2 saturated heterocycles. The number of hydrogen-bond donors (Lipinski definition) is 1. The molecule has 0 unspecified atom stereocenters. The number of hydrogen-bond acceptors (Lipinski definition) is 6. The summed E-state index contributed by atoms with van der Waals surface area (Å²) in [5.74, 6) is -1.73. The summed E-state index contributed by atoms with van der Waals surface area (Å²) < 4.78 is 21.4. The highest BCUT2D eigenvalue weighted by molar-refractivity contribution is 5.90. The standard InChI is InChI=1S/C12H16O6/c1-3-15-10(13)9-6(2)18-12(14)4-7(9)8-5-16-11(12)17-8/h7-8,11,14H,3-5H2,1-2H3/t7-,8-,11+,12-/m0/s1. The van der Waals surface area contributed by atoms with E-state index in [4.69, 9.17) is 18.9 Å². The molecule has 0 saturated carbocycles. The average Bonchev–Trinajstić information content (AvgIpc) is 2.73. The van der Waals surface area contributed by atoms with Gasteiger partial charge in [0.25, 0.3) is 5.79 Å². The molecule has 0 amide bonds. The van der Waals surface area contributed by atoms with Crippen molar-refractivity contribution >= 4 is 5.97 Å². The Labute approximate surface area is 104 Å². The zero-order valence-electron chi connectivity index (χ0n) is 10.3. The summed E-state index contributed by atoms with van der Waals surface area (Å²) in [4.78, 5) is 11.9. The van der Waals surface area contributed by atoms with E-state index in [1.54, 1.807) is 13.8 Å². The molecule has 1 N–H and O–H groups in total. The van der Waals surface area contributed by atoms with Gasteiger partial charge < -0.3 is 24.1 Å². The smallest absolute Gasteiger partial charge is 0.337 e. The predicted molar refractivity (Wildman–Crippen MR) is 58.1 cm³/mol. The summed E-state index contributed by atoms with van der Waals surface area (Å²) in [6.07, 6.45) is -0.681. The minimum Gasteiger partial charge on any atom is -0.463 e. The van der Waals surface area contributed by atoms with Gasteiger partial charge in [0.15, 0.2) is 0 Å². The molecule has 3 aliphatic rings. The fourth-order valence-corrected chi connectivity index (χ4v) is 2.87. The summed E-state index contributed by atoms with van der Waals surface area (Å²) in [5.41, 5.74) is 0.454. The highest BCUT2D eigenvalue weighted by atomic mass is 16.8. The van der Waals surface area contributed by atoms with Crippen LogP contribution in [0.3, 0.4) is 0 Å². The molecule has 3 rings (SSSR count). The largest absolute Gasteiger partial charge is 0.463 e. The van der Waals surface area contributed by atoms with Crippen LogP contribution < -0.4 is 0 Å². The third-order valence-electron chi connectivity index (χ3n) is 3.61. The number of ether oxygens (including phenoxy) is 4. The van der Waals surface area contributed by atoms with Gasteiger partial charge in [0.05, 0.1) is 24.9 Å². The van der Waals surface area contributed by atoms with Crippen LogP contribution in [0.4, 0.5) is 0 Å². The molecule has 4 atom stereocenters. The molecule has 0 aromatic carbocycles. The van der Waals surface area contributed by atoms with Crippen LogP contribution in [0, 0.1) is 5.92 Å². The summed E-state index contributed by atoms with van der Waals surface area (Å²) >= 11 is 0. The lowest BCUT2D eigenvalue weighted by Gasteiger charge is -2.44. The molecule has 0 spiro atoms. The van der Waals surface area contributed by atoms with Crippen molar-refractivity contribution < 1.29 is 28.8 Å². The van der Waals surface area contributed by atoms with Crippen LogP contribution in [0.1, 0.15) is 20.3 Å². The maximum atomic E-state index is 11.9. The molecule has 0 aromatic rings. The zero-order chi connectivity index (χ0) is 12.9. The zero-order valence-corrected chi connectivity index (χ0v) is 10.3. The Morgan fingerprint density at radius 1 is 1.61 bits per heavy atom. The topological polar surface area (TPSA) is 74.2 Å². The van der Waals surface area contributed by atoms with Gasteiger partial charge in [0.1, 0.15) is 5.76 Å². The SMILES string of the molecule is CCOC(=O)C1=C(C)O[C@@]2(O)C[C@H]1[C@@H]1CO[C@@H]2O1. The van der Waals surface area contributed by atoms with E-state index in [0.717, 1.165) is 0 Å². The molecule has 6 heteroatoms. The van der Waals surface area contributed by atoms with E-state index in [9.17, 15) is 9.90 Å². The second-order valence-corrected chi connectivity index (χ2v) is 4.79. The van der Waals surface area contributed by atoms with Gasteiger partial charge in [0.2, 0.25) is 6.29 Å². The van der Waals surface area contributed by atoms with Crippen molar-refractivity contribution in [1.82, 2.24) is 0 Å². The highest BCUT2D eigenvalue weighted by Gasteiger charge is 2.59. The van der Waals surface area contributed by atoms with Crippen LogP contribution in [0.25, 0.3) is 0 Å². The molecule has 18 heavy (non-hydrogen) atoms. The fraction of sp³-hybridized carbons (Fsp3) is 0.750. The highest BCUT2D eigenvalue weighted by Crippen LogP contribution is 2.47. The van der Waals surface area contributed by atoms with Gasteiger partial charge in [0, 0.05) is 12.3 Å². The van der Waals surface area contributed by atoms with E-state index in [2.05, 4.69) is 0 Å². The number of allylic oxidation sites excluding steroid dienone is 1. The number of carbonyl (C=O) groups is 1. The summed E-state index contributed by atoms with van der Waals surface area (Å²) in [6, 6.07) is 0. The van der Waals surface area contributed by atoms with Crippen molar-refractivity contribution in [2.24, 2.45) is 5.92 Å². The maximum Gasteiger partial charge on any atom is 0.337 e. The number of rotatable bonds is 2. The Morgan fingerprint density at radius 2 is 2.39 bits per heavy atom. The molecule has 3 aliphatic heterocycles. The van der Waals surface area contributed by atoms with E-state index in [1.807, 2.05) is 0 Å². The van der Waals surface area contributed by atoms with Crippen LogP contribution in [0.2, 0.25) is 0 Å². The van der Waals surface area contributed by atoms with Gasteiger partial charge >= 0.3 is 5.97 Å². The quantitative estimate of drug-likeness (QED) is 0.716. The van der Waals surface area contributed by atoms with Crippen molar-refractivity contribution in [3.8, 4) is 0 Å².